The molecule has 0 amide bonds. The van der Waals surface area contributed by atoms with E-state index in [-0.39, 0.29) is 5.97 Å². The van der Waals surface area contributed by atoms with Crippen molar-refractivity contribution >= 4 is 5.97 Å². The quantitative estimate of drug-likeness (QED) is 0.649. The monoisotopic (exact) mass is 245 g/mol. The van der Waals surface area contributed by atoms with Crippen molar-refractivity contribution in [1.29, 1.82) is 0 Å². The number of aromatic amines is 1. The van der Waals surface area contributed by atoms with Gasteiger partial charge in [-0.15, -0.1) is 0 Å². The maximum absolute atomic E-state index is 11.6. The Balaban J connectivity index is 2.57. The van der Waals surface area contributed by atoms with E-state index in [0.717, 1.165) is 22.5 Å². The third-order valence-electron chi connectivity index (χ3n) is 3.22. The average Bonchev–Trinajstić information content (AvgIpc) is 2.70. The van der Waals surface area contributed by atoms with Crippen molar-refractivity contribution in [3.8, 4) is 11.3 Å². The van der Waals surface area contributed by atoms with Crippen molar-refractivity contribution in [2.45, 2.75) is 13.8 Å². The van der Waals surface area contributed by atoms with Crippen LogP contribution in [0.15, 0.2) is 24.5 Å². The van der Waals surface area contributed by atoms with Crippen molar-refractivity contribution in [1.82, 2.24) is 4.98 Å². The first-order valence-corrected chi connectivity index (χ1v) is 5.77. The molecule has 1 aromatic carbocycles. The SMILES string of the molecule is COC(=O)c1ccc(C)c(-c2[nH]c[n+](C)c2C)c1. The number of esters is 1. The first-order chi connectivity index (χ1) is 8.54. The maximum atomic E-state index is 11.6. The number of aryl methyl sites for hydroxylation is 2. The van der Waals surface area contributed by atoms with Crippen LogP contribution in [0.4, 0.5) is 0 Å². The summed E-state index contributed by atoms with van der Waals surface area (Å²) in [5, 5.41) is 0. The molecule has 18 heavy (non-hydrogen) atoms. The standard InChI is InChI=1S/C14H16N2O2/c1-9-5-6-11(14(17)18-4)7-12(9)13-10(2)16(3)8-15-13/h5-8H,1-4H3/p+1. The number of hydrogen-bond acceptors (Lipinski definition) is 2. The van der Waals surface area contributed by atoms with E-state index in [0.29, 0.717) is 5.56 Å². The lowest BCUT2D eigenvalue weighted by atomic mass is 10.0. The molecular weight excluding hydrogens is 228 g/mol. The molecule has 0 saturated heterocycles. The third-order valence-corrected chi connectivity index (χ3v) is 3.22. The van der Waals surface area contributed by atoms with Crippen LogP contribution in [0.1, 0.15) is 21.6 Å². The largest absolute Gasteiger partial charge is 0.465 e. The van der Waals surface area contributed by atoms with E-state index in [1.807, 2.05) is 43.9 Å². The molecule has 1 aromatic heterocycles. The number of carbonyl (C=O) groups excluding carboxylic acids is 1. The molecule has 0 fully saturated rings. The van der Waals surface area contributed by atoms with E-state index < -0.39 is 0 Å². The Morgan fingerprint density at radius 1 is 1.33 bits per heavy atom. The normalized spacial score (nSPS) is 10.4. The minimum atomic E-state index is -0.315. The van der Waals surface area contributed by atoms with Crippen LogP contribution in [0.2, 0.25) is 0 Å². The zero-order valence-electron chi connectivity index (χ0n) is 11.1. The highest BCUT2D eigenvalue weighted by molar-refractivity contribution is 5.91. The minimum absolute atomic E-state index is 0.315. The molecule has 2 aromatic rings. The molecule has 1 heterocycles. The van der Waals surface area contributed by atoms with Crippen LogP contribution in [0, 0.1) is 13.8 Å². The van der Waals surface area contributed by atoms with Gasteiger partial charge in [-0.05, 0) is 24.6 Å². The minimum Gasteiger partial charge on any atom is -0.465 e. The zero-order valence-corrected chi connectivity index (χ0v) is 11.1. The average molecular weight is 245 g/mol. The van der Waals surface area contributed by atoms with E-state index >= 15 is 0 Å². The third kappa shape index (κ3) is 2.01. The number of methoxy groups -OCH3 is 1. The summed E-state index contributed by atoms with van der Waals surface area (Å²) in [5.41, 5.74) is 4.86. The number of benzene rings is 1. The Labute approximate surface area is 106 Å². The summed E-state index contributed by atoms with van der Waals surface area (Å²) in [6.07, 6.45) is 1.90. The van der Waals surface area contributed by atoms with Gasteiger partial charge in [-0.2, -0.15) is 0 Å². The molecule has 0 radical (unpaired) electrons. The fraction of sp³-hybridized carbons (Fsp3) is 0.286. The number of hydrogen-bond donors (Lipinski definition) is 1. The fourth-order valence-electron chi connectivity index (χ4n) is 1.95. The van der Waals surface area contributed by atoms with Gasteiger partial charge in [0.2, 0.25) is 6.33 Å². The number of carbonyl (C=O) groups is 1. The number of H-pyrrole nitrogens is 1. The lowest BCUT2D eigenvalue weighted by molar-refractivity contribution is -0.675. The van der Waals surface area contributed by atoms with Crippen LogP contribution in [-0.4, -0.2) is 18.1 Å². The summed E-state index contributed by atoms with van der Waals surface area (Å²) in [4.78, 5) is 14.8. The number of ether oxygens (including phenoxy) is 1. The summed E-state index contributed by atoms with van der Waals surface area (Å²) in [5.74, 6) is -0.315. The molecule has 0 aliphatic heterocycles. The molecule has 4 heteroatoms. The Hall–Kier alpha value is -2.10. The summed E-state index contributed by atoms with van der Waals surface area (Å²) in [7, 11) is 3.37. The van der Waals surface area contributed by atoms with E-state index in [4.69, 9.17) is 4.74 Å². The van der Waals surface area contributed by atoms with Gasteiger partial charge in [0, 0.05) is 12.5 Å². The van der Waals surface area contributed by atoms with Crippen LogP contribution >= 0.6 is 0 Å². The van der Waals surface area contributed by atoms with Crippen molar-refractivity contribution in [3.05, 3.63) is 41.3 Å². The smallest absolute Gasteiger partial charge is 0.337 e. The van der Waals surface area contributed by atoms with Gasteiger partial charge in [0.25, 0.3) is 0 Å². The van der Waals surface area contributed by atoms with Crippen molar-refractivity contribution in [2.24, 2.45) is 7.05 Å². The van der Waals surface area contributed by atoms with E-state index in [9.17, 15) is 4.79 Å². The Morgan fingerprint density at radius 2 is 2.06 bits per heavy atom. The lowest BCUT2D eigenvalue weighted by Gasteiger charge is -2.05. The number of nitrogens with zero attached hydrogens (tertiary/aromatic N) is 1. The van der Waals surface area contributed by atoms with E-state index in [2.05, 4.69) is 4.98 Å². The number of imidazole rings is 1. The molecule has 0 aliphatic rings. The Kier molecular flexibility index (Phi) is 3.19. The molecule has 94 valence electrons. The molecule has 0 aliphatic carbocycles. The first-order valence-electron chi connectivity index (χ1n) is 5.77. The predicted molar refractivity (Wildman–Crippen MR) is 68.2 cm³/mol. The lowest BCUT2D eigenvalue weighted by Crippen LogP contribution is -2.27. The molecule has 4 nitrogen and oxygen atoms in total. The van der Waals surface area contributed by atoms with Gasteiger partial charge in [-0.25, -0.2) is 14.3 Å². The zero-order chi connectivity index (χ0) is 13.3. The van der Waals surface area contributed by atoms with Gasteiger partial charge < -0.3 is 4.74 Å². The molecule has 0 spiro atoms. The van der Waals surface area contributed by atoms with Crippen LogP contribution in [-0.2, 0) is 11.8 Å². The molecule has 0 atom stereocenters. The van der Waals surface area contributed by atoms with Crippen LogP contribution in [0.5, 0.6) is 0 Å². The second-order valence-electron chi connectivity index (χ2n) is 4.37. The summed E-state index contributed by atoms with van der Waals surface area (Å²) in [6, 6.07) is 5.57. The van der Waals surface area contributed by atoms with Crippen LogP contribution in [0.25, 0.3) is 11.3 Å². The van der Waals surface area contributed by atoms with Crippen LogP contribution in [0.3, 0.4) is 0 Å². The van der Waals surface area contributed by atoms with Gasteiger partial charge in [0.1, 0.15) is 5.69 Å². The van der Waals surface area contributed by atoms with Crippen LogP contribution < -0.4 is 4.57 Å². The highest BCUT2D eigenvalue weighted by Gasteiger charge is 2.17. The van der Waals surface area contributed by atoms with Gasteiger partial charge in [0.05, 0.1) is 19.7 Å². The maximum Gasteiger partial charge on any atom is 0.337 e. The van der Waals surface area contributed by atoms with E-state index in [1.54, 1.807) is 6.07 Å². The topological polar surface area (TPSA) is 46.0 Å². The van der Waals surface area contributed by atoms with Crippen molar-refractivity contribution < 1.29 is 14.1 Å². The molecular formula is C14H17N2O2+. The molecule has 0 bridgehead atoms. The van der Waals surface area contributed by atoms with Gasteiger partial charge in [-0.3, -0.25) is 0 Å². The second kappa shape index (κ2) is 4.64. The predicted octanol–water partition coefficient (Wildman–Crippen LogP) is 1.91. The molecule has 0 unspecified atom stereocenters. The Bertz CT molecular complexity index is 600. The first kappa shape index (κ1) is 12.4. The molecule has 1 N–H and O–H groups in total. The highest BCUT2D eigenvalue weighted by atomic mass is 16.5. The molecule has 0 saturated carbocycles. The van der Waals surface area contributed by atoms with Gasteiger partial charge in [-0.1, -0.05) is 6.07 Å². The van der Waals surface area contributed by atoms with Gasteiger partial charge in [0.15, 0.2) is 5.69 Å². The van der Waals surface area contributed by atoms with Crippen molar-refractivity contribution in [3.63, 3.8) is 0 Å². The highest BCUT2D eigenvalue weighted by Crippen LogP contribution is 2.24. The second-order valence-corrected chi connectivity index (χ2v) is 4.37. The number of aromatic nitrogens is 2. The number of nitrogens with one attached hydrogen (secondary N) is 1. The Morgan fingerprint density at radius 3 is 2.61 bits per heavy atom. The van der Waals surface area contributed by atoms with Gasteiger partial charge >= 0.3 is 5.97 Å². The fourth-order valence-corrected chi connectivity index (χ4v) is 1.95. The summed E-state index contributed by atoms with van der Waals surface area (Å²) >= 11 is 0. The summed E-state index contributed by atoms with van der Waals surface area (Å²) in [6.45, 7) is 4.06. The number of rotatable bonds is 2. The van der Waals surface area contributed by atoms with Crippen molar-refractivity contribution in [2.75, 3.05) is 7.11 Å². The summed E-state index contributed by atoms with van der Waals surface area (Å²) < 4.78 is 6.76. The molecule has 2 rings (SSSR count). The van der Waals surface area contributed by atoms with E-state index in [1.165, 1.54) is 7.11 Å².